The van der Waals surface area contributed by atoms with Gasteiger partial charge >= 0.3 is 0 Å². The van der Waals surface area contributed by atoms with Gasteiger partial charge in [0.25, 0.3) is 0 Å². The van der Waals surface area contributed by atoms with Gasteiger partial charge in [-0.3, -0.25) is 0 Å². The van der Waals surface area contributed by atoms with E-state index in [1.165, 1.54) is 4.90 Å². The second-order valence-electron chi connectivity index (χ2n) is 3.17. The van der Waals surface area contributed by atoms with Crippen molar-refractivity contribution in [1.29, 1.82) is 0 Å². The zero-order chi connectivity index (χ0) is 11.4. The van der Waals surface area contributed by atoms with E-state index < -0.39 is 13.6 Å². The Hall–Kier alpha value is -0.740. The van der Waals surface area contributed by atoms with Crippen molar-refractivity contribution in [1.82, 2.24) is 0 Å². The van der Waals surface area contributed by atoms with E-state index >= 15 is 0 Å². The molecule has 16 heavy (non-hydrogen) atoms. The topological polar surface area (TPSA) is 38.8 Å². The summed E-state index contributed by atoms with van der Waals surface area (Å²) >= 11 is 4.70. The maximum absolute atomic E-state index is 11.4. The highest BCUT2D eigenvalue weighted by Gasteiger charge is 2.21. The molecule has 1 amide bonds. The van der Waals surface area contributed by atoms with Crippen LogP contribution >= 0.6 is 8.38 Å². The van der Waals surface area contributed by atoms with Crippen LogP contribution in [0, 0.1) is 0 Å². The number of carbonyl (C=O) groups is 1. The van der Waals surface area contributed by atoms with Crippen LogP contribution in [0.1, 0.15) is 0 Å². The minimum Gasteiger partial charge on any atom is -0.719 e. The second-order valence-corrected chi connectivity index (χ2v) is 4.98. The Balaban J connectivity index is 2.08. The van der Waals surface area contributed by atoms with Gasteiger partial charge < -0.3 is 31.4 Å². The number of benzene rings is 1. The molecular formula is C10H11NO3PS-. The molecule has 1 saturated heterocycles. The predicted molar refractivity (Wildman–Crippen MR) is 65.4 cm³/mol. The van der Waals surface area contributed by atoms with Crippen LogP contribution in [0.25, 0.3) is 0 Å². The summed E-state index contributed by atoms with van der Waals surface area (Å²) in [5.41, 5.74) is 0.782. The van der Waals surface area contributed by atoms with Crippen molar-refractivity contribution >= 4 is 31.9 Å². The third kappa shape index (κ3) is 2.89. The third-order valence-electron chi connectivity index (χ3n) is 2.10. The van der Waals surface area contributed by atoms with Gasteiger partial charge in [-0.1, -0.05) is 18.2 Å². The Kier molecular flexibility index (Phi) is 4.07. The van der Waals surface area contributed by atoms with Crippen molar-refractivity contribution in [2.45, 2.75) is 0 Å². The number of anilines is 1. The van der Waals surface area contributed by atoms with E-state index in [-0.39, 0.29) is 0 Å². The molecule has 1 fully saturated rings. The Morgan fingerprint density at radius 1 is 1.31 bits per heavy atom. The van der Waals surface area contributed by atoms with Gasteiger partial charge in [0.1, 0.15) is 5.24 Å². The molecule has 1 aromatic rings. The maximum Gasteiger partial charge on any atom is 0.192 e. The van der Waals surface area contributed by atoms with Gasteiger partial charge in [0, 0.05) is 5.69 Å². The highest BCUT2D eigenvalue weighted by atomic mass is 32.1. The van der Waals surface area contributed by atoms with Crippen LogP contribution in [0.15, 0.2) is 30.3 Å². The number of hydrogen-bond donors (Lipinski definition) is 0. The molecule has 0 radical (unpaired) electrons. The molecule has 1 aliphatic rings. The number of para-hydroxylation sites is 1. The fraction of sp³-hybridized carbons (Fsp3) is 0.300. The van der Waals surface area contributed by atoms with Crippen molar-refractivity contribution in [3.05, 3.63) is 30.3 Å². The van der Waals surface area contributed by atoms with E-state index in [4.69, 9.17) is 21.7 Å². The molecule has 1 heterocycles. The van der Waals surface area contributed by atoms with Gasteiger partial charge in [0.2, 0.25) is 0 Å². The van der Waals surface area contributed by atoms with E-state index in [1.807, 2.05) is 30.3 Å². The first-order valence-corrected chi connectivity index (χ1v) is 6.61. The molecule has 1 aromatic carbocycles. The first-order chi connectivity index (χ1) is 7.77. The first-order valence-electron chi connectivity index (χ1n) is 4.84. The lowest BCUT2D eigenvalue weighted by Crippen LogP contribution is -2.28. The van der Waals surface area contributed by atoms with Gasteiger partial charge in [-0.15, -0.1) is 0 Å². The molecule has 0 N–H and O–H groups in total. The lowest BCUT2D eigenvalue weighted by Gasteiger charge is -2.27. The van der Waals surface area contributed by atoms with Crippen LogP contribution in [0.5, 0.6) is 0 Å². The third-order valence-corrected chi connectivity index (χ3v) is 3.77. The van der Waals surface area contributed by atoms with Crippen LogP contribution in [0.3, 0.4) is 0 Å². The summed E-state index contributed by atoms with van der Waals surface area (Å²) in [7, 11) is -1.00. The van der Waals surface area contributed by atoms with E-state index in [9.17, 15) is 4.79 Å². The summed E-state index contributed by atoms with van der Waals surface area (Å²) in [4.78, 5) is 12.9. The van der Waals surface area contributed by atoms with Crippen molar-refractivity contribution in [3.8, 4) is 0 Å². The largest absolute Gasteiger partial charge is 0.719 e. The van der Waals surface area contributed by atoms with Crippen LogP contribution in [0.4, 0.5) is 10.5 Å². The quantitative estimate of drug-likeness (QED) is 0.615. The fourth-order valence-electron chi connectivity index (χ4n) is 1.37. The summed E-state index contributed by atoms with van der Waals surface area (Å²) < 4.78 is 10.7. The normalized spacial score (nSPS) is 16.2. The molecule has 0 spiro atoms. The molecule has 1 aliphatic heterocycles. The van der Waals surface area contributed by atoms with E-state index in [0.717, 1.165) is 5.69 Å². The Bertz CT molecular complexity index is 356. The molecular weight excluding hydrogens is 245 g/mol. The van der Waals surface area contributed by atoms with Crippen molar-refractivity contribution in [3.63, 3.8) is 0 Å². The standard InChI is InChI=1S/C10H12NO3PS/c12-10(16)11(8-15-13-6-7-14-15)9-4-2-1-3-5-9/h1-5H,6-8H2,(H,12,16)/p-1. The lowest BCUT2D eigenvalue weighted by atomic mass is 10.3. The minimum atomic E-state index is -1.00. The van der Waals surface area contributed by atoms with Gasteiger partial charge in [0.05, 0.1) is 19.5 Å². The summed E-state index contributed by atoms with van der Waals surface area (Å²) in [6.45, 7) is 1.19. The zero-order valence-electron chi connectivity index (χ0n) is 8.54. The molecule has 0 aromatic heterocycles. The average molecular weight is 256 g/mol. The molecule has 0 atom stereocenters. The molecule has 6 heteroatoms. The van der Waals surface area contributed by atoms with E-state index in [1.54, 1.807) is 0 Å². The highest BCUT2D eigenvalue weighted by Crippen LogP contribution is 2.43. The van der Waals surface area contributed by atoms with Crippen molar-refractivity contribution in [2.24, 2.45) is 0 Å². The molecule has 0 unspecified atom stereocenters. The van der Waals surface area contributed by atoms with Crippen LogP contribution in [0.2, 0.25) is 0 Å². The monoisotopic (exact) mass is 256 g/mol. The van der Waals surface area contributed by atoms with Gasteiger partial charge in [0.15, 0.2) is 8.38 Å². The number of nitrogens with zero attached hydrogens (tertiary/aromatic N) is 1. The predicted octanol–water partition coefficient (Wildman–Crippen LogP) is 2.48. The van der Waals surface area contributed by atoms with Crippen molar-refractivity contribution < 1.29 is 13.8 Å². The van der Waals surface area contributed by atoms with Crippen LogP contribution < -0.4 is 4.90 Å². The number of rotatable bonds is 3. The summed E-state index contributed by atoms with van der Waals surface area (Å²) in [5, 5.41) is -0.409. The number of amides is 1. The van der Waals surface area contributed by atoms with Gasteiger partial charge in [-0.2, -0.15) is 0 Å². The number of carbonyl (C=O) groups excluding carboxylic acids is 1. The molecule has 0 saturated carbocycles. The summed E-state index contributed by atoms with van der Waals surface area (Å²) in [6, 6.07) is 9.31. The Labute approximate surface area is 101 Å². The molecule has 0 bridgehead atoms. The van der Waals surface area contributed by atoms with Crippen LogP contribution in [-0.4, -0.2) is 24.7 Å². The lowest BCUT2D eigenvalue weighted by molar-refractivity contribution is 0.265. The van der Waals surface area contributed by atoms with Crippen molar-refractivity contribution in [2.75, 3.05) is 24.4 Å². The smallest absolute Gasteiger partial charge is 0.192 e. The molecule has 86 valence electrons. The van der Waals surface area contributed by atoms with E-state index in [0.29, 0.717) is 19.5 Å². The summed E-state index contributed by atoms with van der Waals surface area (Å²) in [6.07, 6.45) is 0.404. The number of hydrogen-bond acceptors (Lipinski definition) is 4. The molecule has 0 aliphatic carbocycles. The zero-order valence-corrected chi connectivity index (χ0v) is 10.2. The highest BCUT2D eigenvalue weighted by molar-refractivity contribution is 7.77. The maximum atomic E-state index is 11.4. The summed E-state index contributed by atoms with van der Waals surface area (Å²) in [5.74, 6) is 0. The first kappa shape index (κ1) is 11.7. The Morgan fingerprint density at radius 2 is 1.94 bits per heavy atom. The fourth-order valence-corrected chi connectivity index (χ4v) is 2.95. The Morgan fingerprint density at radius 3 is 2.50 bits per heavy atom. The SMILES string of the molecule is O=C([S-])N(CP1OCCO1)c1ccccc1. The minimum absolute atomic E-state index is 0.404. The molecule has 2 rings (SSSR count). The van der Waals surface area contributed by atoms with E-state index in [2.05, 4.69) is 0 Å². The van der Waals surface area contributed by atoms with Gasteiger partial charge in [-0.25, -0.2) is 0 Å². The molecule has 4 nitrogen and oxygen atoms in total. The second kappa shape index (κ2) is 5.55. The van der Waals surface area contributed by atoms with Gasteiger partial charge in [-0.05, 0) is 12.1 Å². The average Bonchev–Trinajstić information content (AvgIpc) is 2.79. The van der Waals surface area contributed by atoms with Crippen LogP contribution in [-0.2, 0) is 21.7 Å².